The van der Waals surface area contributed by atoms with E-state index in [2.05, 4.69) is 30.4 Å². The van der Waals surface area contributed by atoms with Crippen LogP contribution in [0.25, 0.3) is 0 Å². The van der Waals surface area contributed by atoms with Crippen LogP contribution in [-0.2, 0) is 0 Å². The van der Waals surface area contributed by atoms with Crippen molar-refractivity contribution >= 4 is 0 Å². The van der Waals surface area contributed by atoms with Crippen molar-refractivity contribution in [2.24, 2.45) is 5.92 Å². The van der Waals surface area contributed by atoms with Gasteiger partial charge in [0.25, 0.3) is 0 Å². The minimum Gasteiger partial charge on any atom is -0.0836 e. The normalized spacial score (nSPS) is 24.1. The maximum absolute atomic E-state index is 2.43. The van der Waals surface area contributed by atoms with Crippen molar-refractivity contribution in [2.75, 3.05) is 0 Å². The summed E-state index contributed by atoms with van der Waals surface area (Å²) in [6, 6.07) is 0. The lowest BCUT2D eigenvalue weighted by atomic mass is 9.88. The number of rotatable bonds is 2. The molecule has 2 aliphatic rings. The summed E-state index contributed by atoms with van der Waals surface area (Å²) in [6.07, 6.45) is 21.2. The fourth-order valence-corrected chi connectivity index (χ4v) is 2.33. The fourth-order valence-electron chi connectivity index (χ4n) is 2.33. The zero-order chi connectivity index (χ0) is 9.64. The smallest absolute Gasteiger partial charge is 0.0230 e. The maximum atomic E-state index is 2.43. The van der Waals surface area contributed by atoms with Crippen molar-refractivity contribution in [3.63, 3.8) is 0 Å². The molecule has 0 spiro atoms. The summed E-state index contributed by atoms with van der Waals surface area (Å²) in [6.45, 7) is 0. The molecule has 0 bridgehead atoms. The topological polar surface area (TPSA) is 0 Å². The van der Waals surface area contributed by atoms with Crippen molar-refractivity contribution in [3.8, 4) is 0 Å². The third-order valence-corrected chi connectivity index (χ3v) is 3.23. The van der Waals surface area contributed by atoms with Gasteiger partial charge in [-0.1, -0.05) is 49.6 Å². The molecule has 0 unspecified atom stereocenters. The molecule has 0 amide bonds. The SMILES string of the molecule is C1=CC(/C=C/C2CCCCC2)=CCC1. The number of allylic oxidation sites excluding steroid dienone is 6. The molecule has 0 radical (unpaired) electrons. The highest BCUT2D eigenvalue weighted by atomic mass is 14.1. The lowest BCUT2D eigenvalue weighted by Crippen LogP contribution is -2.02. The molecule has 2 aliphatic carbocycles. The first-order valence-electron chi connectivity index (χ1n) is 6.00. The van der Waals surface area contributed by atoms with Crippen molar-refractivity contribution in [3.05, 3.63) is 36.0 Å². The molecule has 0 aromatic rings. The van der Waals surface area contributed by atoms with Crippen LogP contribution in [0.1, 0.15) is 44.9 Å². The Balaban J connectivity index is 1.85. The number of hydrogen-bond donors (Lipinski definition) is 0. The van der Waals surface area contributed by atoms with Gasteiger partial charge >= 0.3 is 0 Å². The zero-order valence-corrected chi connectivity index (χ0v) is 8.91. The highest BCUT2D eigenvalue weighted by molar-refractivity contribution is 5.32. The van der Waals surface area contributed by atoms with Gasteiger partial charge in [-0.2, -0.15) is 0 Å². The van der Waals surface area contributed by atoms with Crippen LogP contribution in [0.15, 0.2) is 36.0 Å². The Kier molecular flexibility index (Phi) is 3.62. The highest BCUT2D eigenvalue weighted by Crippen LogP contribution is 2.25. The first kappa shape index (κ1) is 9.76. The van der Waals surface area contributed by atoms with Gasteiger partial charge in [0.1, 0.15) is 0 Å². The predicted octanol–water partition coefficient (Wildman–Crippen LogP) is 4.40. The molecule has 0 N–H and O–H groups in total. The molecule has 2 rings (SSSR count). The van der Waals surface area contributed by atoms with E-state index in [9.17, 15) is 0 Å². The van der Waals surface area contributed by atoms with Crippen molar-refractivity contribution in [1.82, 2.24) is 0 Å². The standard InChI is InChI=1S/C14H20/c1-3-7-13(8-4-1)11-12-14-9-5-2-6-10-14/h3,7-8,11-12,14H,1-2,4-6,9-10H2/b12-11+. The molecule has 0 nitrogen and oxygen atoms in total. The fraction of sp³-hybridized carbons (Fsp3) is 0.571. The monoisotopic (exact) mass is 188 g/mol. The second kappa shape index (κ2) is 5.19. The van der Waals surface area contributed by atoms with Gasteiger partial charge in [0.15, 0.2) is 0 Å². The molecular formula is C14H20. The van der Waals surface area contributed by atoms with Gasteiger partial charge in [-0.15, -0.1) is 0 Å². The van der Waals surface area contributed by atoms with Crippen LogP contribution in [0.5, 0.6) is 0 Å². The summed E-state index contributed by atoms with van der Waals surface area (Å²) in [4.78, 5) is 0. The van der Waals surface area contributed by atoms with Crippen LogP contribution >= 0.6 is 0 Å². The van der Waals surface area contributed by atoms with Crippen LogP contribution in [0.4, 0.5) is 0 Å². The Morgan fingerprint density at radius 3 is 2.64 bits per heavy atom. The minimum absolute atomic E-state index is 0.861. The molecule has 1 saturated carbocycles. The molecule has 0 heterocycles. The average molecular weight is 188 g/mol. The van der Waals surface area contributed by atoms with E-state index < -0.39 is 0 Å². The van der Waals surface area contributed by atoms with E-state index in [0.717, 1.165) is 5.92 Å². The zero-order valence-electron chi connectivity index (χ0n) is 8.91. The van der Waals surface area contributed by atoms with Gasteiger partial charge in [0.05, 0.1) is 0 Å². The van der Waals surface area contributed by atoms with Crippen LogP contribution in [0.3, 0.4) is 0 Å². The molecule has 0 aromatic heterocycles. The van der Waals surface area contributed by atoms with Crippen molar-refractivity contribution in [2.45, 2.75) is 44.9 Å². The molecule has 0 atom stereocenters. The first-order chi connectivity index (χ1) is 6.95. The van der Waals surface area contributed by atoms with Gasteiger partial charge in [-0.3, -0.25) is 0 Å². The summed E-state index contributed by atoms with van der Waals surface area (Å²) >= 11 is 0. The molecule has 0 aliphatic heterocycles. The summed E-state index contributed by atoms with van der Waals surface area (Å²) in [5, 5.41) is 0. The Morgan fingerprint density at radius 1 is 1.07 bits per heavy atom. The summed E-state index contributed by atoms with van der Waals surface area (Å²) in [5.41, 5.74) is 1.42. The Labute approximate surface area is 87.4 Å². The third kappa shape index (κ3) is 2.87. The number of hydrogen-bond acceptors (Lipinski definition) is 0. The lowest BCUT2D eigenvalue weighted by molar-refractivity contribution is 0.419. The molecule has 14 heavy (non-hydrogen) atoms. The molecule has 0 saturated heterocycles. The van der Waals surface area contributed by atoms with Crippen LogP contribution in [-0.4, -0.2) is 0 Å². The summed E-state index contributed by atoms with van der Waals surface area (Å²) in [7, 11) is 0. The molecule has 0 aromatic carbocycles. The Hall–Kier alpha value is -0.780. The summed E-state index contributed by atoms with van der Waals surface area (Å²) in [5.74, 6) is 0.861. The quantitative estimate of drug-likeness (QED) is 0.602. The molecule has 76 valence electrons. The molecule has 1 fully saturated rings. The maximum Gasteiger partial charge on any atom is -0.0230 e. The van der Waals surface area contributed by atoms with Gasteiger partial charge in [0.2, 0.25) is 0 Å². The molecular weight excluding hydrogens is 168 g/mol. The first-order valence-corrected chi connectivity index (χ1v) is 6.00. The van der Waals surface area contributed by atoms with E-state index in [1.807, 2.05) is 0 Å². The van der Waals surface area contributed by atoms with Crippen LogP contribution in [0, 0.1) is 5.92 Å². The van der Waals surface area contributed by atoms with E-state index in [4.69, 9.17) is 0 Å². The average Bonchev–Trinajstić information content (AvgIpc) is 2.29. The van der Waals surface area contributed by atoms with Gasteiger partial charge in [-0.25, -0.2) is 0 Å². The van der Waals surface area contributed by atoms with E-state index >= 15 is 0 Å². The van der Waals surface area contributed by atoms with Crippen molar-refractivity contribution < 1.29 is 0 Å². The Morgan fingerprint density at radius 2 is 1.93 bits per heavy atom. The van der Waals surface area contributed by atoms with Gasteiger partial charge < -0.3 is 0 Å². The Bertz CT molecular complexity index is 249. The third-order valence-electron chi connectivity index (χ3n) is 3.23. The summed E-state index contributed by atoms with van der Waals surface area (Å²) < 4.78 is 0. The molecule has 0 heteroatoms. The van der Waals surface area contributed by atoms with Crippen molar-refractivity contribution in [1.29, 1.82) is 0 Å². The highest BCUT2D eigenvalue weighted by Gasteiger charge is 2.09. The van der Waals surface area contributed by atoms with Gasteiger partial charge in [0, 0.05) is 0 Å². The van der Waals surface area contributed by atoms with Gasteiger partial charge in [-0.05, 0) is 37.2 Å². The second-order valence-corrected chi connectivity index (χ2v) is 4.44. The predicted molar refractivity (Wildman–Crippen MR) is 62.2 cm³/mol. The second-order valence-electron chi connectivity index (χ2n) is 4.44. The van der Waals surface area contributed by atoms with E-state index in [1.54, 1.807) is 0 Å². The van der Waals surface area contributed by atoms with E-state index in [-0.39, 0.29) is 0 Å². The van der Waals surface area contributed by atoms with Crippen LogP contribution < -0.4 is 0 Å². The lowest BCUT2D eigenvalue weighted by Gasteiger charge is -2.17. The van der Waals surface area contributed by atoms with E-state index in [1.165, 1.54) is 50.5 Å². The largest absolute Gasteiger partial charge is 0.0836 e. The minimum atomic E-state index is 0.861. The van der Waals surface area contributed by atoms with Crippen LogP contribution in [0.2, 0.25) is 0 Å². The van der Waals surface area contributed by atoms with E-state index in [0.29, 0.717) is 0 Å².